The summed E-state index contributed by atoms with van der Waals surface area (Å²) >= 11 is 0. The molecule has 0 aliphatic carbocycles. The normalized spacial score (nSPS) is 12.3. The molecule has 26 heteroatoms. The van der Waals surface area contributed by atoms with Crippen molar-refractivity contribution in [2.45, 2.75) is 321 Å². The first kappa shape index (κ1) is 98.7. The number of amides is 6. The lowest BCUT2D eigenvalue weighted by molar-refractivity contribution is -0.130. The van der Waals surface area contributed by atoms with Crippen LogP contribution in [-0.2, 0) is 71.9 Å². The minimum absolute atomic E-state index is 0.000836. The summed E-state index contributed by atoms with van der Waals surface area (Å²) in [4.78, 5) is 191. The van der Waals surface area contributed by atoms with Gasteiger partial charge in [-0.15, -0.1) is 0 Å². The van der Waals surface area contributed by atoms with Gasteiger partial charge in [-0.3, -0.25) is 71.9 Å². The van der Waals surface area contributed by atoms with Gasteiger partial charge in [0.2, 0.25) is 35.4 Å². The Morgan fingerprint density at radius 2 is 0.438 bits per heavy atom. The first-order chi connectivity index (χ1) is 50.6. The molecule has 0 fully saturated rings. The van der Waals surface area contributed by atoms with Gasteiger partial charge in [-0.25, -0.2) is 0 Å². The molecule has 0 bridgehead atoms. The van der Waals surface area contributed by atoms with Crippen LogP contribution in [0.1, 0.15) is 321 Å². The molecule has 26 nitrogen and oxygen atoms in total. The van der Waals surface area contributed by atoms with Crippen LogP contribution in [0.5, 0.6) is 0 Å². The average molecular weight is 1490 g/mol. The minimum Gasteiger partial charge on any atom is -0.370 e. The number of ketones is 9. The predicted octanol–water partition coefficient (Wildman–Crippen LogP) is 7.94. The molecule has 4 atom stereocenters. The number of unbranched alkanes of at least 4 members (excludes halogenated alkanes) is 21. The maximum absolute atomic E-state index is 14.0. The zero-order valence-corrected chi connectivity index (χ0v) is 64.3. The molecule has 0 aromatic carbocycles. The van der Waals surface area contributed by atoms with Gasteiger partial charge in [0.15, 0.2) is 0 Å². The highest BCUT2D eigenvalue weighted by molar-refractivity contribution is 5.90. The molecule has 0 aliphatic heterocycles. The predicted molar refractivity (Wildman–Crippen MR) is 409 cm³/mol. The van der Waals surface area contributed by atoms with Gasteiger partial charge in [-0.05, 0) is 128 Å². The van der Waals surface area contributed by atoms with E-state index in [9.17, 15) is 71.9 Å². The summed E-state index contributed by atoms with van der Waals surface area (Å²) in [6, 6.07) is 0. The summed E-state index contributed by atoms with van der Waals surface area (Å²) in [5, 5.41) is 14.7. The van der Waals surface area contributed by atoms with Gasteiger partial charge >= 0.3 is 0 Å². The fourth-order valence-corrected chi connectivity index (χ4v) is 12.8. The SMILES string of the molecule is NCC(=O)CCCCCCC(=O)CC(CCCCNC(=O)C(CCCCNC(=O)C(CCCCNC(=O)C(CCCCNC(=O)CCCCCNC(=O)CN)CC(=O)CCCCCCC(=O)CN)CC(=O)CCCCCCC(=O)CN)CC(=O)CCCCCCC(=O)CN)C(=O)CCCCCCC(N)=O. The molecule has 105 heavy (non-hydrogen) atoms. The lowest BCUT2D eigenvalue weighted by Gasteiger charge is -2.19. The molecule has 0 spiro atoms. The molecule has 6 amide bonds. The lowest BCUT2D eigenvalue weighted by Crippen LogP contribution is -2.34. The maximum Gasteiger partial charge on any atom is 0.233 e. The molecule has 0 heterocycles. The number of primary amides is 1. The number of hydrogen-bond donors (Lipinski definition) is 11. The number of hydrogen-bond acceptors (Lipinski definition) is 20. The van der Waals surface area contributed by atoms with Crippen molar-refractivity contribution in [1.29, 1.82) is 0 Å². The van der Waals surface area contributed by atoms with E-state index in [1.807, 2.05) is 0 Å². The van der Waals surface area contributed by atoms with E-state index in [1.54, 1.807) is 0 Å². The van der Waals surface area contributed by atoms with E-state index >= 15 is 0 Å². The van der Waals surface area contributed by atoms with Gasteiger partial charge in [-0.2, -0.15) is 0 Å². The number of nitrogens with two attached hydrogens (primary N) is 6. The van der Waals surface area contributed by atoms with Crippen molar-refractivity contribution in [3.63, 3.8) is 0 Å². The first-order valence-electron chi connectivity index (χ1n) is 40.4. The summed E-state index contributed by atoms with van der Waals surface area (Å²) in [6.07, 6.45) is 26.5. The second kappa shape index (κ2) is 68.2. The highest BCUT2D eigenvalue weighted by Gasteiger charge is 2.26. The summed E-state index contributed by atoms with van der Waals surface area (Å²) in [5.74, 6) is -3.97. The second-order valence-corrected chi connectivity index (χ2v) is 28.8. The van der Waals surface area contributed by atoms with Gasteiger partial charge in [0.1, 0.15) is 52.0 Å². The van der Waals surface area contributed by atoms with Gasteiger partial charge in [0, 0.05) is 153 Å². The summed E-state index contributed by atoms with van der Waals surface area (Å²) in [5.41, 5.74) is 32.4. The van der Waals surface area contributed by atoms with Crippen LogP contribution >= 0.6 is 0 Å². The Kier molecular flexibility index (Phi) is 64.1. The van der Waals surface area contributed by atoms with Crippen LogP contribution in [0, 0.1) is 23.7 Å². The number of Topliss-reactive ketones (excluding diaryl/α,β-unsaturated/α-hetero) is 9. The fraction of sp³-hybridized carbons (Fsp3) is 0.810. The topological polar surface area (TPSA) is 472 Å². The quantitative estimate of drug-likeness (QED) is 0.0257. The Balaban J connectivity index is 6.04. The van der Waals surface area contributed by atoms with Crippen LogP contribution in [0.25, 0.3) is 0 Å². The third kappa shape index (κ3) is 60.4. The number of rotatable bonds is 78. The lowest BCUT2D eigenvalue weighted by atomic mass is 9.88. The van der Waals surface area contributed by atoms with Crippen LogP contribution in [0.4, 0.5) is 0 Å². The highest BCUT2D eigenvalue weighted by atomic mass is 16.2. The molecule has 0 rings (SSSR count). The van der Waals surface area contributed by atoms with Crippen molar-refractivity contribution in [3.8, 4) is 0 Å². The van der Waals surface area contributed by atoms with E-state index in [4.69, 9.17) is 34.4 Å². The Labute approximate surface area is 627 Å². The summed E-state index contributed by atoms with van der Waals surface area (Å²) < 4.78 is 0. The third-order valence-electron chi connectivity index (χ3n) is 19.3. The minimum atomic E-state index is -0.656. The second-order valence-electron chi connectivity index (χ2n) is 28.8. The standard InChI is InChI=1S/C79H141N11O15/c80-56-69(95)40-16-5-1-12-36-65(91)52-61(73(99)44-20-9-10-21-45-74(85)100)32-23-29-49-88-78(104)63(54-67(93)38-14-3-7-18-42-71(97)58-82)34-25-31-51-90-79(105)64(55-68(94)39-15-4-8-19-43-72(98)59-83)35-26-30-50-89-77(103)62(53-66(92)37-13-2-6-17-41-70(96)57-81)33-24-28-48-86-75(101)46-22-11-27-47-87-76(102)60-84/h61-64H,1-60,80-84H2,(H2,85,100)(H,86,101)(H,87,102)(H,88,104)(H,89,103)(H,90,105). The van der Waals surface area contributed by atoms with Crippen molar-refractivity contribution < 1.29 is 71.9 Å². The molecule has 0 aliphatic rings. The fourth-order valence-electron chi connectivity index (χ4n) is 12.8. The van der Waals surface area contributed by atoms with Crippen LogP contribution in [0.3, 0.4) is 0 Å². The van der Waals surface area contributed by atoms with Crippen molar-refractivity contribution in [1.82, 2.24) is 26.6 Å². The summed E-state index contributed by atoms with van der Waals surface area (Å²) in [6.45, 7) is 1.70. The van der Waals surface area contributed by atoms with E-state index in [-0.39, 0.29) is 172 Å². The van der Waals surface area contributed by atoms with Gasteiger partial charge in [0.05, 0.1) is 32.7 Å². The molecule has 0 aromatic rings. The van der Waals surface area contributed by atoms with Gasteiger partial charge in [0.25, 0.3) is 0 Å². The largest absolute Gasteiger partial charge is 0.370 e. The van der Waals surface area contributed by atoms with E-state index in [2.05, 4.69) is 26.6 Å². The molecule has 0 saturated carbocycles. The van der Waals surface area contributed by atoms with E-state index in [1.165, 1.54) is 0 Å². The molecular weight excluding hydrogens is 1340 g/mol. The molecule has 0 aromatic heterocycles. The van der Waals surface area contributed by atoms with Crippen molar-refractivity contribution >= 4 is 87.5 Å². The Morgan fingerprint density at radius 1 is 0.210 bits per heavy atom. The van der Waals surface area contributed by atoms with Crippen molar-refractivity contribution in [2.24, 2.45) is 58.1 Å². The van der Waals surface area contributed by atoms with Crippen LogP contribution in [0.2, 0.25) is 0 Å². The molecule has 0 saturated heterocycles. The smallest absolute Gasteiger partial charge is 0.233 e. The van der Waals surface area contributed by atoms with Crippen LogP contribution in [-0.4, -0.2) is 153 Å². The molecule has 0 radical (unpaired) electrons. The number of nitrogens with one attached hydrogen (secondary N) is 5. The van der Waals surface area contributed by atoms with Crippen LogP contribution in [0.15, 0.2) is 0 Å². The average Bonchev–Trinajstić information content (AvgIpc) is 0.958. The third-order valence-corrected chi connectivity index (χ3v) is 19.3. The van der Waals surface area contributed by atoms with E-state index in [0.29, 0.717) is 219 Å². The maximum atomic E-state index is 14.0. The first-order valence-corrected chi connectivity index (χ1v) is 40.4. The number of carbonyl (C=O) groups excluding carboxylic acids is 15. The Morgan fingerprint density at radius 3 is 0.733 bits per heavy atom. The van der Waals surface area contributed by atoms with Crippen molar-refractivity contribution in [2.75, 3.05) is 65.4 Å². The number of carbonyl (C=O) groups is 15. The molecule has 602 valence electrons. The summed E-state index contributed by atoms with van der Waals surface area (Å²) in [7, 11) is 0. The van der Waals surface area contributed by atoms with Crippen LogP contribution < -0.4 is 61.0 Å². The molecule has 17 N–H and O–H groups in total. The van der Waals surface area contributed by atoms with Gasteiger partial charge < -0.3 is 61.0 Å². The zero-order valence-electron chi connectivity index (χ0n) is 64.3. The monoisotopic (exact) mass is 1480 g/mol. The van der Waals surface area contributed by atoms with E-state index in [0.717, 1.165) is 83.5 Å². The van der Waals surface area contributed by atoms with E-state index < -0.39 is 23.7 Å². The van der Waals surface area contributed by atoms with Crippen molar-refractivity contribution in [3.05, 3.63) is 0 Å². The van der Waals surface area contributed by atoms with Gasteiger partial charge in [-0.1, -0.05) is 96.3 Å². The molecular formula is C79H141N11O15. The highest BCUT2D eigenvalue weighted by Crippen LogP contribution is 2.24. The zero-order chi connectivity index (χ0) is 77.9. The Hall–Kier alpha value is -6.35. The Bertz CT molecular complexity index is 2520. The molecule has 4 unspecified atom stereocenters.